The molecule has 4 rings (SSSR count). The number of imide groups is 1. The average molecular weight is 361 g/mol. The van der Waals surface area contributed by atoms with Gasteiger partial charge in [-0.2, -0.15) is 0 Å². The Hall–Kier alpha value is -1.89. The Labute approximate surface area is 151 Å². The number of nitrogens with zero attached hydrogens (tertiary/aromatic N) is 1. The van der Waals surface area contributed by atoms with Crippen LogP contribution in [0.3, 0.4) is 0 Å². The van der Waals surface area contributed by atoms with Gasteiger partial charge in [-0.1, -0.05) is 19.3 Å². The maximum atomic E-state index is 13.0. The number of nitrogens with one attached hydrogen (secondary N) is 2. The molecule has 0 unspecified atom stereocenters. The van der Waals surface area contributed by atoms with Crippen LogP contribution in [0.25, 0.3) is 0 Å². The Morgan fingerprint density at radius 3 is 2.88 bits per heavy atom. The number of urea groups is 1. The first-order valence-corrected chi connectivity index (χ1v) is 9.98. The normalized spacial score (nSPS) is 26.6. The summed E-state index contributed by atoms with van der Waals surface area (Å²) in [7, 11) is 0. The number of hydrogen-bond donors (Lipinski definition) is 2. The lowest BCUT2D eigenvalue weighted by Gasteiger charge is -2.31. The molecule has 0 radical (unpaired) electrons. The highest BCUT2D eigenvalue weighted by atomic mass is 32.1. The number of aryl methyl sites for hydroxylation is 1. The van der Waals surface area contributed by atoms with Crippen molar-refractivity contribution in [1.29, 1.82) is 0 Å². The number of carbonyl (C=O) groups is 3. The molecule has 1 atom stereocenters. The van der Waals surface area contributed by atoms with Crippen molar-refractivity contribution in [1.82, 2.24) is 15.5 Å². The summed E-state index contributed by atoms with van der Waals surface area (Å²) in [5, 5.41) is 7.83. The number of carbonyl (C=O) groups excluding carboxylic acids is 3. The van der Waals surface area contributed by atoms with E-state index < -0.39 is 11.6 Å². The molecule has 2 aliphatic carbocycles. The third kappa shape index (κ3) is 2.84. The van der Waals surface area contributed by atoms with E-state index in [9.17, 15) is 14.4 Å². The third-order valence-corrected chi connectivity index (χ3v) is 6.59. The monoisotopic (exact) mass is 361 g/mol. The molecule has 1 saturated heterocycles. The molecule has 1 aromatic rings. The molecule has 4 amide bonds. The van der Waals surface area contributed by atoms with E-state index in [2.05, 4.69) is 10.6 Å². The smallest absolute Gasteiger partial charge is 0.325 e. The van der Waals surface area contributed by atoms with Crippen LogP contribution in [0, 0.1) is 0 Å². The Bertz CT molecular complexity index is 710. The first-order chi connectivity index (χ1) is 12.1. The van der Waals surface area contributed by atoms with Gasteiger partial charge in [-0.25, -0.2) is 4.79 Å². The minimum Gasteiger partial charge on any atom is -0.352 e. The van der Waals surface area contributed by atoms with Gasteiger partial charge in [-0.15, -0.1) is 11.3 Å². The van der Waals surface area contributed by atoms with E-state index in [4.69, 9.17) is 0 Å². The van der Waals surface area contributed by atoms with Gasteiger partial charge < -0.3 is 10.6 Å². The second-order valence-electron chi connectivity index (χ2n) is 7.24. The standard InChI is InChI=1S/C18H23N3O3S/c22-15(19-12-5-2-1-3-6-12)11-21-16(23)18(20-17(21)24)9-4-7-14-13(18)8-10-25-14/h8,10,12H,1-7,9,11H2,(H,19,22)(H,20,24)/t18-/m0/s1. The Balaban J connectivity index is 1.48. The van der Waals surface area contributed by atoms with Crippen LogP contribution in [0.5, 0.6) is 0 Å². The zero-order valence-electron chi connectivity index (χ0n) is 14.2. The Morgan fingerprint density at radius 2 is 2.08 bits per heavy atom. The van der Waals surface area contributed by atoms with Crippen molar-refractivity contribution in [3.05, 3.63) is 21.9 Å². The molecule has 0 bridgehead atoms. The number of hydrogen-bond acceptors (Lipinski definition) is 4. The highest BCUT2D eigenvalue weighted by molar-refractivity contribution is 7.10. The molecule has 1 saturated carbocycles. The quantitative estimate of drug-likeness (QED) is 0.811. The molecule has 7 heteroatoms. The first-order valence-electron chi connectivity index (χ1n) is 9.10. The zero-order valence-corrected chi connectivity index (χ0v) is 15.0. The van der Waals surface area contributed by atoms with E-state index in [0.717, 1.165) is 53.9 Å². The zero-order chi connectivity index (χ0) is 17.4. The topological polar surface area (TPSA) is 78.5 Å². The summed E-state index contributed by atoms with van der Waals surface area (Å²) in [6, 6.07) is 1.65. The maximum Gasteiger partial charge on any atom is 0.325 e. The molecule has 25 heavy (non-hydrogen) atoms. The van der Waals surface area contributed by atoms with Crippen LogP contribution < -0.4 is 10.6 Å². The summed E-state index contributed by atoms with van der Waals surface area (Å²) in [6.07, 6.45) is 7.83. The number of amides is 4. The molecule has 134 valence electrons. The van der Waals surface area contributed by atoms with Gasteiger partial charge in [0.15, 0.2) is 0 Å². The SMILES string of the molecule is O=C(CN1C(=O)N[C@]2(CCCc3sccc32)C1=O)NC1CCCCC1. The summed E-state index contributed by atoms with van der Waals surface area (Å²) in [4.78, 5) is 40.1. The van der Waals surface area contributed by atoms with Crippen LogP contribution in [-0.2, 0) is 21.5 Å². The fourth-order valence-electron chi connectivity index (χ4n) is 4.35. The summed E-state index contributed by atoms with van der Waals surface area (Å²) in [5.74, 6) is -0.524. The molecule has 6 nitrogen and oxygen atoms in total. The summed E-state index contributed by atoms with van der Waals surface area (Å²) >= 11 is 1.63. The summed E-state index contributed by atoms with van der Waals surface area (Å²) < 4.78 is 0. The van der Waals surface area contributed by atoms with Gasteiger partial charge in [0.05, 0.1) is 0 Å². The van der Waals surface area contributed by atoms with Crippen molar-refractivity contribution in [2.45, 2.75) is 62.9 Å². The fraction of sp³-hybridized carbons (Fsp3) is 0.611. The van der Waals surface area contributed by atoms with Gasteiger partial charge in [0.25, 0.3) is 5.91 Å². The van der Waals surface area contributed by atoms with Crippen LogP contribution in [0.1, 0.15) is 55.4 Å². The molecule has 1 aliphatic heterocycles. The van der Waals surface area contributed by atoms with Crippen LogP contribution in [-0.4, -0.2) is 35.3 Å². The van der Waals surface area contributed by atoms with Gasteiger partial charge in [0.1, 0.15) is 12.1 Å². The lowest BCUT2D eigenvalue weighted by Crippen LogP contribution is -2.47. The van der Waals surface area contributed by atoms with Crippen LogP contribution in [0.15, 0.2) is 11.4 Å². The highest BCUT2D eigenvalue weighted by Crippen LogP contribution is 2.42. The van der Waals surface area contributed by atoms with Crippen LogP contribution >= 0.6 is 11.3 Å². The van der Waals surface area contributed by atoms with E-state index in [1.807, 2.05) is 11.4 Å². The van der Waals surface area contributed by atoms with E-state index in [1.54, 1.807) is 11.3 Å². The molecule has 2 fully saturated rings. The predicted molar refractivity (Wildman–Crippen MR) is 94.2 cm³/mol. The second-order valence-corrected chi connectivity index (χ2v) is 8.24. The van der Waals surface area contributed by atoms with Gasteiger partial charge >= 0.3 is 6.03 Å². The molecule has 2 N–H and O–H groups in total. The summed E-state index contributed by atoms with van der Waals surface area (Å²) in [6.45, 7) is -0.192. The fourth-order valence-corrected chi connectivity index (χ4v) is 5.35. The first kappa shape index (κ1) is 16.6. The molecule has 3 aliphatic rings. The lowest BCUT2D eigenvalue weighted by atomic mass is 9.80. The van der Waals surface area contributed by atoms with Crippen LogP contribution in [0.2, 0.25) is 0 Å². The molecule has 0 aromatic carbocycles. The van der Waals surface area contributed by atoms with E-state index in [0.29, 0.717) is 6.42 Å². The molecular formula is C18H23N3O3S. The van der Waals surface area contributed by atoms with Gasteiger partial charge in [0.2, 0.25) is 5.91 Å². The number of fused-ring (bicyclic) bond motifs is 2. The highest BCUT2D eigenvalue weighted by Gasteiger charge is 2.54. The third-order valence-electron chi connectivity index (χ3n) is 5.61. The maximum absolute atomic E-state index is 13.0. The minimum absolute atomic E-state index is 0.175. The van der Waals surface area contributed by atoms with Gasteiger partial charge in [0, 0.05) is 16.5 Å². The number of rotatable bonds is 3. The lowest BCUT2D eigenvalue weighted by molar-refractivity contribution is -0.135. The number of thiophene rings is 1. The van der Waals surface area contributed by atoms with Crippen molar-refractivity contribution >= 4 is 29.2 Å². The summed E-state index contributed by atoms with van der Waals surface area (Å²) in [5.41, 5.74) is -0.0484. The van der Waals surface area contributed by atoms with E-state index >= 15 is 0 Å². The largest absolute Gasteiger partial charge is 0.352 e. The van der Waals surface area contributed by atoms with Crippen molar-refractivity contribution in [3.63, 3.8) is 0 Å². The molecule has 1 aromatic heterocycles. The van der Waals surface area contributed by atoms with Gasteiger partial charge in [-0.3, -0.25) is 14.5 Å². The molecular weight excluding hydrogens is 338 g/mol. The van der Waals surface area contributed by atoms with Crippen LogP contribution in [0.4, 0.5) is 4.79 Å². The predicted octanol–water partition coefficient (Wildman–Crippen LogP) is 2.28. The minimum atomic E-state index is -0.963. The molecule has 2 heterocycles. The van der Waals surface area contributed by atoms with E-state index in [1.165, 1.54) is 6.42 Å². The van der Waals surface area contributed by atoms with Crippen molar-refractivity contribution in [2.24, 2.45) is 0 Å². The molecule has 1 spiro atoms. The van der Waals surface area contributed by atoms with E-state index in [-0.39, 0.29) is 24.4 Å². The average Bonchev–Trinajstić information content (AvgIpc) is 3.17. The van der Waals surface area contributed by atoms with Crippen molar-refractivity contribution < 1.29 is 14.4 Å². The Kier molecular flexibility index (Phi) is 4.27. The van der Waals surface area contributed by atoms with Gasteiger partial charge in [-0.05, 0) is 43.6 Å². The second kappa shape index (κ2) is 6.44. The Morgan fingerprint density at radius 1 is 1.28 bits per heavy atom. The van der Waals surface area contributed by atoms with Crippen molar-refractivity contribution in [2.75, 3.05) is 6.54 Å². The van der Waals surface area contributed by atoms with Crippen molar-refractivity contribution in [3.8, 4) is 0 Å².